The van der Waals surface area contributed by atoms with E-state index in [1.54, 1.807) is 17.0 Å². The first-order valence-electron chi connectivity index (χ1n) is 6.92. The Kier molecular flexibility index (Phi) is 5.12. The monoisotopic (exact) mass is 328 g/mol. The lowest BCUT2D eigenvalue weighted by molar-refractivity contribution is -0.144. The van der Waals surface area contributed by atoms with Crippen molar-refractivity contribution in [2.24, 2.45) is 11.8 Å². The summed E-state index contributed by atoms with van der Waals surface area (Å²) in [4.78, 5) is 25.9. The molecule has 6 heteroatoms. The second kappa shape index (κ2) is 6.67. The molecule has 0 aromatic heterocycles. The molecule has 0 radical (unpaired) electrons. The summed E-state index contributed by atoms with van der Waals surface area (Å²) >= 11 is 11.8. The molecule has 1 aromatic rings. The normalized spacial score (nSPS) is 22.0. The van der Waals surface area contributed by atoms with Crippen molar-refractivity contribution >= 4 is 40.7 Å². The molecule has 0 spiro atoms. The van der Waals surface area contributed by atoms with Crippen LogP contribution >= 0.6 is 23.2 Å². The van der Waals surface area contributed by atoms with Crippen molar-refractivity contribution in [2.75, 3.05) is 18.4 Å². The van der Waals surface area contributed by atoms with Gasteiger partial charge < -0.3 is 10.2 Å². The predicted octanol–water partition coefficient (Wildman–Crippen LogP) is 3.44. The number of piperidine rings is 1. The van der Waals surface area contributed by atoms with Gasteiger partial charge in [0, 0.05) is 18.1 Å². The third kappa shape index (κ3) is 4.11. The highest BCUT2D eigenvalue weighted by molar-refractivity contribution is 6.42. The zero-order valence-electron chi connectivity index (χ0n) is 12.0. The Morgan fingerprint density at radius 2 is 1.81 bits per heavy atom. The molecule has 0 aliphatic carbocycles. The number of halogens is 2. The van der Waals surface area contributed by atoms with Crippen LogP contribution in [0, 0.1) is 11.8 Å². The minimum atomic E-state index is -0.666. The molecule has 2 amide bonds. The molecule has 114 valence electrons. The molecule has 2 rings (SSSR count). The van der Waals surface area contributed by atoms with Gasteiger partial charge >= 0.3 is 11.8 Å². The number of carbonyl (C=O) groups is 2. The maximum absolute atomic E-state index is 12.2. The maximum atomic E-state index is 12.2. The number of carbonyl (C=O) groups excluding carboxylic acids is 2. The van der Waals surface area contributed by atoms with E-state index in [9.17, 15) is 9.59 Å². The number of anilines is 1. The summed E-state index contributed by atoms with van der Waals surface area (Å²) in [6.07, 6.45) is 1.08. The van der Waals surface area contributed by atoms with Crippen LogP contribution in [0.3, 0.4) is 0 Å². The van der Waals surface area contributed by atoms with Crippen LogP contribution in [-0.2, 0) is 9.59 Å². The number of benzene rings is 1. The number of nitrogens with one attached hydrogen (secondary N) is 1. The van der Waals surface area contributed by atoms with Crippen LogP contribution in [0.4, 0.5) is 5.69 Å². The topological polar surface area (TPSA) is 49.4 Å². The highest BCUT2D eigenvalue weighted by Gasteiger charge is 2.29. The summed E-state index contributed by atoms with van der Waals surface area (Å²) < 4.78 is 0. The lowest BCUT2D eigenvalue weighted by Gasteiger charge is -2.34. The molecule has 1 aromatic carbocycles. The van der Waals surface area contributed by atoms with Gasteiger partial charge in [-0.3, -0.25) is 9.59 Å². The highest BCUT2D eigenvalue weighted by Crippen LogP contribution is 2.26. The lowest BCUT2D eigenvalue weighted by Crippen LogP contribution is -2.47. The van der Waals surface area contributed by atoms with Crippen LogP contribution in [0.25, 0.3) is 0 Å². The number of amides is 2. The number of hydrogen-bond acceptors (Lipinski definition) is 2. The molecule has 1 N–H and O–H groups in total. The fraction of sp³-hybridized carbons (Fsp3) is 0.467. The molecule has 1 aliphatic rings. The molecule has 2 atom stereocenters. The quantitative estimate of drug-likeness (QED) is 0.803. The second-order valence-electron chi connectivity index (χ2n) is 5.73. The van der Waals surface area contributed by atoms with Gasteiger partial charge in [-0.05, 0) is 36.5 Å². The van der Waals surface area contributed by atoms with Gasteiger partial charge in [0.15, 0.2) is 0 Å². The summed E-state index contributed by atoms with van der Waals surface area (Å²) in [7, 11) is 0. The lowest BCUT2D eigenvalue weighted by atomic mass is 9.92. The summed E-state index contributed by atoms with van der Waals surface area (Å²) in [5.74, 6) is -0.367. The molecular weight excluding hydrogens is 311 g/mol. The van der Waals surface area contributed by atoms with Crippen molar-refractivity contribution in [1.82, 2.24) is 4.90 Å². The average molecular weight is 329 g/mol. The Balaban J connectivity index is 2.04. The van der Waals surface area contributed by atoms with E-state index in [-0.39, 0.29) is 0 Å². The van der Waals surface area contributed by atoms with Gasteiger partial charge in [-0.15, -0.1) is 0 Å². The first-order chi connectivity index (χ1) is 9.86. The standard InChI is InChI=1S/C15H18Cl2N2O2/c1-9-5-10(2)8-19(7-9)15(21)14(20)18-13-4-3-11(16)6-12(13)17/h3-4,6,9-10H,5,7-8H2,1-2H3,(H,18,20). The Morgan fingerprint density at radius 1 is 1.19 bits per heavy atom. The number of nitrogens with zero attached hydrogens (tertiary/aromatic N) is 1. The highest BCUT2D eigenvalue weighted by atomic mass is 35.5. The molecule has 2 unspecified atom stereocenters. The maximum Gasteiger partial charge on any atom is 0.313 e. The van der Waals surface area contributed by atoms with Gasteiger partial charge in [-0.25, -0.2) is 0 Å². The molecule has 1 fully saturated rings. The van der Waals surface area contributed by atoms with Crippen molar-refractivity contribution in [3.8, 4) is 0 Å². The van der Waals surface area contributed by atoms with Crippen LogP contribution in [0.5, 0.6) is 0 Å². The van der Waals surface area contributed by atoms with Gasteiger partial charge in [0.2, 0.25) is 0 Å². The molecule has 4 nitrogen and oxygen atoms in total. The first kappa shape index (κ1) is 16.1. The van der Waals surface area contributed by atoms with Gasteiger partial charge in [0.05, 0.1) is 10.7 Å². The Labute approximate surface area is 134 Å². The van der Waals surface area contributed by atoms with Gasteiger partial charge in [-0.1, -0.05) is 37.0 Å². The van der Waals surface area contributed by atoms with Crippen LogP contribution in [0.2, 0.25) is 10.0 Å². The molecular formula is C15H18Cl2N2O2. The SMILES string of the molecule is CC1CC(C)CN(C(=O)C(=O)Nc2ccc(Cl)cc2Cl)C1. The van der Waals surface area contributed by atoms with Gasteiger partial charge in [-0.2, -0.15) is 0 Å². The molecule has 0 saturated carbocycles. The van der Waals surface area contributed by atoms with Crippen molar-refractivity contribution in [1.29, 1.82) is 0 Å². The van der Waals surface area contributed by atoms with Crippen molar-refractivity contribution in [3.63, 3.8) is 0 Å². The second-order valence-corrected chi connectivity index (χ2v) is 6.58. The molecule has 0 bridgehead atoms. The van der Waals surface area contributed by atoms with Crippen molar-refractivity contribution in [2.45, 2.75) is 20.3 Å². The predicted molar refractivity (Wildman–Crippen MR) is 84.6 cm³/mol. The summed E-state index contributed by atoms with van der Waals surface area (Å²) in [5, 5.41) is 3.33. The van der Waals surface area contributed by atoms with E-state index in [0.29, 0.717) is 40.7 Å². The Bertz CT molecular complexity index is 553. The number of rotatable bonds is 1. The van der Waals surface area contributed by atoms with Crippen LogP contribution in [0.15, 0.2) is 18.2 Å². The number of likely N-dealkylation sites (tertiary alicyclic amines) is 1. The average Bonchev–Trinajstić information content (AvgIpc) is 2.40. The van der Waals surface area contributed by atoms with Gasteiger partial charge in [0.1, 0.15) is 0 Å². The Morgan fingerprint density at radius 3 is 2.38 bits per heavy atom. The van der Waals surface area contributed by atoms with E-state index in [2.05, 4.69) is 19.2 Å². The van der Waals surface area contributed by atoms with E-state index >= 15 is 0 Å². The van der Waals surface area contributed by atoms with E-state index in [4.69, 9.17) is 23.2 Å². The van der Waals surface area contributed by atoms with Crippen LogP contribution in [0.1, 0.15) is 20.3 Å². The Hall–Kier alpha value is -1.26. The van der Waals surface area contributed by atoms with Gasteiger partial charge in [0.25, 0.3) is 0 Å². The molecule has 1 heterocycles. The van der Waals surface area contributed by atoms with E-state index < -0.39 is 11.8 Å². The molecule has 21 heavy (non-hydrogen) atoms. The zero-order valence-corrected chi connectivity index (χ0v) is 13.5. The van der Waals surface area contributed by atoms with E-state index in [0.717, 1.165) is 6.42 Å². The third-order valence-corrected chi connectivity index (χ3v) is 4.08. The summed E-state index contributed by atoms with van der Waals surface area (Å²) in [6.45, 7) is 5.41. The molecule has 1 saturated heterocycles. The molecule has 1 aliphatic heterocycles. The zero-order chi connectivity index (χ0) is 15.6. The van der Waals surface area contributed by atoms with E-state index in [1.165, 1.54) is 6.07 Å². The smallest absolute Gasteiger partial charge is 0.313 e. The fourth-order valence-corrected chi connectivity index (χ4v) is 3.19. The minimum Gasteiger partial charge on any atom is -0.334 e. The van der Waals surface area contributed by atoms with E-state index in [1.807, 2.05) is 0 Å². The first-order valence-corrected chi connectivity index (χ1v) is 7.67. The largest absolute Gasteiger partial charge is 0.334 e. The van der Waals surface area contributed by atoms with Crippen LogP contribution < -0.4 is 5.32 Å². The fourth-order valence-electron chi connectivity index (χ4n) is 2.74. The summed E-state index contributed by atoms with van der Waals surface area (Å²) in [5.41, 5.74) is 0.387. The third-order valence-electron chi connectivity index (χ3n) is 3.53. The summed E-state index contributed by atoms with van der Waals surface area (Å²) in [6, 6.07) is 4.71. The van der Waals surface area contributed by atoms with Crippen molar-refractivity contribution < 1.29 is 9.59 Å². The van der Waals surface area contributed by atoms with Crippen LogP contribution in [-0.4, -0.2) is 29.8 Å². The number of hydrogen-bond donors (Lipinski definition) is 1. The minimum absolute atomic E-state index is 0.309. The van der Waals surface area contributed by atoms with Crippen molar-refractivity contribution in [3.05, 3.63) is 28.2 Å².